The molecule has 0 fully saturated rings. The lowest BCUT2D eigenvalue weighted by atomic mass is 9.87. The van der Waals surface area contributed by atoms with Crippen molar-refractivity contribution in [2.45, 2.75) is 11.6 Å². The lowest BCUT2D eigenvalue weighted by Crippen LogP contribution is -2.52. The molecule has 3 aromatic carbocycles. The van der Waals surface area contributed by atoms with E-state index in [0.717, 1.165) is 5.56 Å². The minimum atomic E-state index is -2.70. The molecular weight excluding hydrogens is 340 g/mol. The third kappa shape index (κ3) is 2.27. The molecule has 0 aliphatic carbocycles. The Morgan fingerprint density at radius 3 is 2.08 bits per heavy atom. The van der Waals surface area contributed by atoms with Gasteiger partial charge in [0.15, 0.2) is 0 Å². The van der Waals surface area contributed by atoms with Crippen LogP contribution in [0.15, 0.2) is 72.8 Å². The van der Waals surface area contributed by atoms with Crippen molar-refractivity contribution in [2.75, 3.05) is 0 Å². The molecule has 3 N–H and O–H groups in total. The van der Waals surface area contributed by atoms with Gasteiger partial charge in [-0.15, -0.1) is 0 Å². The van der Waals surface area contributed by atoms with Gasteiger partial charge in [0.2, 0.25) is 0 Å². The van der Waals surface area contributed by atoms with Crippen LogP contribution in [0.4, 0.5) is 0 Å². The molecule has 0 spiro atoms. The predicted octanol–water partition coefficient (Wildman–Crippen LogP) is 3.38. The Morgan fingerprint density at radius 1 is 0.840 bits per heavy atom. The molecule has 1 atom stereocenters. The van der Waals surface area contributed by atoms with E-state index in [-0.39, 0.29) is 21.9 Å². The number of benzene rings is 3. The van der Waals surface area contributed by atoms with Gasteiger partial charge in [-0.3, -0.25) is 0 Å². The minimum Gasteiger partial charge on any atom is -0.451 e. The van der Waals surface area contributed by atoms with Crippen LogP contribution >= 0.6 is 11.6 Å². The van der Waals surface area contributed by atoms with Crippen LogP contribution in [0.25, 0.3) is 11.1 Å². The first-order valence-electron chi connectivity index (χ1n) is 7.75. The van der Waals surface area contributed by atoms with Gasteiger partial charge in [0.1, 0.15) is 5.75 Å². The second kappa shape index (κ2) is 5.58. The topological polar surface area (TPSA) is 69.9 Å². The van der Waals surface area contributed by atoms with Crippen molar-refractivity contribution in [1.82, 2.24) is 0 Å². The summed E-state index contributed by atoms with van der Waals surface area (Å²) >= 11 is 6.37. The van der Waals surface area contributed by atoms with Gasteiger partial charge < -0.3 is 20.1 Å². The zero-order chi connectivity index (χ0) is 17.7. The summed E-state index contributed by atoms with van der Waals surface area (Å²) in [7, 11) is 0. The lowest BCUT2D eigenvalue weighted by molar-refractivity contribution is -0.358. The monoisotopic (exact) mass is 354 g/mol. The van der Waals surface area contributed by atoms with Crippen LogP contribution in [0.5, 0.6) is 5.75 Å². The van der Waals surface area contributed by atoms with Gasteiger partial charge in [-0.1, -0.05) is 78.3 Å². The summed E-state index contributed by atoms with van der Waals surface area (Å²) in [6.07, 6.45) is 0. The molecule has 1 aliphatic heterocycles. The summed E-state index contributed by atoms with van der Waals surface area (Å²) < 4.78 is 5.51. The molecule has 0 saturated heterocycles. The van der Waals surface area contributed by atoms with E-state index in [1.807, 2.05) is 30.3 Å². The van der Waals surface area contributed by atoms with Crippen molar-refractivity contribution in [3.63, 3.8) is 0 Å². The van der Waals surface area contributed by atoms with Crippen LogP contribution < -0.4 is 4.74 Å². The summed E-state index contributed by atoms with van der Waals surface area (Å²) in [6.45, 7) is 0. The molecule has 1 heterocycles. The van der Waals surface area contributed by atoms with E-state index in [2.05, 4.69) is 0 Å². The van der Waals surface area contributed by atoms with Gasteiger partial charge in [-0.2, -0.15) is 0 Å². The first-order chi connectivity index (χ1) is 11.9. The van der Waals surface area contributed by atoms with Gasteiger partial charge >= 0.3 is 0 Å². The largest absolute Gasteiger partial charge is 0.451 e. The highest BCUT2D eigenvalue weighted by molar-refractivity contribution is 6.33. The fraction of sp³-hybridized carbons (Fsp3) is 0.100. The molecule has 3 aromatic rings. The van der Waals surface area contributed by atoms with Crippen molar-refractivity contribution < 1.29 is 20.1 Å². The highest BCUT2D eigenvalue weighted by atomic mass is 35.5. The van der Waals surface area contributed by atoms with E-state index in [1.165, 1.54) is 12.1 Å². The first kappa shape index (κ1) is 16.1. The van der Waals surface area contributed by atoms with Gasteiger partial charge in [0.05, 0.1) is 10.6 Å². The summed E-state index contributed by atoms with van der Waals surface area (Å²) in [6, 6.07) is 20.6. The Labute approximate surface area is 149 Å². The number of hydrogen-bond donors (Lipinski definition) is 3. The zero-order valence-electron chi connectivity index (χ0n) is 13.1. The number of rotatable bonds is 3. The number of fused-ring (bicyclic) bond motifs is 2. The van der Waals surface area contributed by atoms with Crippen LogP contribution in [-0.2, 0) is 11.6 Å². The molecule has 2 bridgehead atoms. The molecule has 25 heavy (non-hydrogen) atoms. The molecular formula is C20H15ClO4. The van der Waals surface area contributed by atoms with Gasteiger partial charge in [-0.05, 0) is 17.2 Å². The fourth-order valence-corrected chi connectivity index (χ4v) is 3.48. The normalized spacial score (nSPS) is 18.9. The first-order valence-corrected chi connectivity index (χ1v) is 8.13. The number of halogens is 1. The van der Waals surface area contributed by atoms with E-state index in [4.69, 9.17) is 16.3 Å². The predicted molar refractivity (Wildman–Crippen MR) is 94.0 cm³/mol. The molecule has 126 valence electrons. The lowest BCUT2D eigenvalue weighted by Gasteiger charge is -2.36. The number of ether oxygens (including phenoxy) is 1. The van der Waals surface area contributed by atoms with Crippen LogP contribution in [0.2, 0.25) is 5.02 Å². The summed E-state index contributed by atoms with van der Waals surface area (Å²) in [5.41, 5.74) is 1.57. The number of aliphatic hydroxyl groups is 3. The standard InChI is InChI=1S/C20H15ClO4/c21-18-16-12-11-15(13-7-3-1-4-8-13)17(18)20(24,25-16)19(22,23)14-9-5-2-6-10-14/h1-12,22-24H. The van der Waals surface area contributed by atoms with Gasteiger partial charge in [-0.25, -0.2) is 0 Å². The summed E-state index contributed by atoms with van der Waals surface area (Å²) in [5, 5.41) is 33.0. The Kier molecular flexibility index (Phi) is 3.60. The summed E-state index contributed by atoms with van der Waals surface area (Å²) in [5.74, 6) is -4.94. The highest BCUT2D eigenvalue weighted by Gasteiger charge is 2.59. The van der Waals surface area contributed by atoms with E-state index < -0.39 is 11.6 Å². The Morgan fingerprint density at radius 2 is 1.44 bits per heavy atom. The van der Waals surface area contributed by atoms with Crippen molar-refractivity contribution in [3.8, 4) is 16.9 Å². The maximum absolute atomic E-state index is 11.2. The number of hydrogen-bond acceptors (Lipinski definition) is 4. The molecule has 0 saturated carbocycles. The molecule has 0 aromatic heterocycles. The van der Waals surface area contributed by atoms with Crippen molar-refractivity contribution in [1.29, 1.82) is 0 Å². The Balaban J connectivity index is 1.93. The van der Waals surface area contributed by atoms with Crippen molar-refractivity contribution >= 4 is 11.6 Å². The minimum absolute atomic E-state index is 0.0926. The highest BCUT2D eigenvalue weighted by Crippen LogP contribution is 2.54. The van der Waals surface area contributed by atoms with E-state index in [0.29, 0.717) is 5.56 Å². The van der Waals surface area contributed by atoms with Crippen LogP contribution in [0.3, 0.4) is 0 Å². The van der Waals surface area contributed by atoms with E-state index >= 15 is 0 Å². The zero-order valence-corrected chi connectivity index (χ0v) is 13.8. The molecule has 0 amide bonds. The second-order valence-corrected chi connectivity index (χ2v) is 6.33. The molecule has 1 aliphatic rings. The molecule has 1 unspecified atom stereocenters. The second-order valence-electron chi connectivity index (χ2n) is 5.95. The molecule has 5 heteroatoms. The maximum atomic E-state index is 11.2. The van der Waals surface area contributed by atoms with Crippen molar-refractivity contribution in [2.24, 2.45) is 0 Å². The van der Waals surface area contributed by atoms with E-state index in [9.17, 15) is 15.3 Å². The average Bonchev–Trinajstić information content (AvgIpc) is 2.79. The van der Waals surface area contributed by atoms with E-state index in [1.54, 1.807) is 30.3 Å². The molecule has 0 radical (unpaired) electrons. The third-order valence-corrected chi connectivity index (χ3v) is 4.81. The smallest absolute Gasteiger partial charge is 0.296 e. The van der Waals surface area contributed by atoms with Crippen LogP contribution in [-0.4, -0.2) is 15.3 Å². The van der Waals surface area contributed by atoms with Gasteiger partial charge in [0.25, 0.3) is 11.6 Å². The quantitative estimate of drug-likeness (QED) is 0.631. The van der Waals surface area contributed by atoms with Crippen molar-refractivity contribution in [3.05, 3.63) is 88.9 Å². The van der Waals surface area contributed by atoms with Gasteiger partial charge in [0, 0.05) is 5.56 Å². The average molecular weight is 355 g/mol. The summed E-state index contributed by atoms with van der Waals surface area (Å²) in [4.78, 5) is 0. The van der Waals surface area contributed by atoms with Crippen LogP contribution in [0.1, 0.15) is 11.1 Å². The SMILES string of the molecule is OC(O)(c1ccccc1)C1(O)Oc2ccc(-c3ccccc3)c1c2Cl. The Bertz CT molecular complexity index is 925. The maximum Gasteiger partial charge on any atom is 0.296 e. The third-order valence-electron chi connectivity index (χ3n) is 4.44. The molecule has 4 nitrogen and oxygen atoms in total. The van der Waals surface area contributed by atoms with Crippen LogP contribution in [0, 0.1) is 0 Å². The molecule has 4 rings (SSSR count). The Hall–Kier alpha value is -2.37. The fourth-order valence-electron chi connectivity index (χ4n) is 3.15.